The fourth-order valence-corrected chi connectivity index (χ4v) is 3.08. The molecular weight excluding hydrogens is 417 g/mol. The van der Waals surface area contributed by atoms with Crippen LogP contribution in [0.25, 0.3) is 22.3 Å². The number of carbonyl (C=O) groups is 1. The van der Waals surface area contributed by atoms with E-state index in [0.717, 1.165) is 47.6 Å². The number of aromatic nitrogens is 3. The molecule has 0 aromatic carbocycles. The number of piperidine rings is 1. The van der Waals surface area contributed by atoms with Crippen LogP contribution >= 0.6 is 0 Å². The Morgan fingerprint density at radius 2 is 2.03 bits per heavy atom. The van der Waals surface area contributed by atoms with Crippen molar-refractivity contribution in [3.8, 4) is 17.2 Å². The number of alkyl halides is 3. The van der Waals surface area contributed by atoms with Gasteiger partial charge in [-0.3, -0.25) is 0 Å². The molecule has 8 nitrogen and oxygen atoms in total. The van der Waals surface area contributed by atoms with Gasteiger partial charge in [0.15, 0.2) is 0 Å². The number of fused-ring (bicyclic) bond motifs is 1. The van der Waals surface area contributed by atoms with E-state index in [-0.39, 0.29) is 0 Å². The molecule has 1 aliphatic rings. The number of carboxylic acids is 1. The van der Waals surface area contributed by atoms with Crippen LogP contribution in [0.2, 0.25) is 0 Å². The minimum absolute atomic E-state index is 0.400. The quantitative estimate of drug-likeness (QED) is 0.633. The predicted molar refractivity (Wildman–Crippen MR) is 105 cm³/mol. The summed E-state index contributed by atoms with van der Waals surface area (Å²) in [5.41, 5.74) is 1.62. The summed E-state index contributed by atoms with van der Waals surface area (Å²) < 4.78 is 43.2. The average molecular weight is 438 g/mol. The van der Waals surface area contributed by atoms with Crippen LogP contribution in [-0.2, 0) is 4.79 Å². The van der Waals surface area contributed by atoms with Crippen molar-refractivity contribution in [3.05, 3.63) is 36.5 Å². The largest absolute Gasteiger partial charge is 0.490 e. The van der Waals surface area contributed by atoms with E-state index >= 15 is 0 Å². The van der Waals surface area contributed by atoms with Crippen LogP contribution in [0.1, 0.15) is 31.5 Å². The summed E-state index contributed by atoms with van der Waals surface area (Å²) in [6.45, 7) is 4.55. The van der Waals surface area contributed by atoms with Gasteiger partial charge in [0.1, 0.15) is 17.2 Å². The van der Waals surface area contributed by atoms with Gasteiger partial charge in [-0.15, -0.1) is 0 Å². The van der Waals surface area contributed by atoms with Crippen LogP contribution in [0, 0.1) is 0 Å². The number of furan rings is 1. The number of hydrogen-bond donors (Lipinski definition) is 2. The van der Waals surface area contributed by atoms with Gasteiger partial charge in [0.2, 0.25) is 5.88 Å². The van der Waals surface area contributed by atoms with Crippen LogP contribution in [0.4, 0.5) is 13.2 Å². The van der Waals surface area contributed by atoms with Crippen molar-refractivity contribution in [1.82, 2.24) is 20.3 Å². The highest BCUT2D eigenvalue weighted by Gasteiger charge is 2.38. The molecule has 0 saturated carbocycles. The highest BCUT2D eigenvalue weighted by Crippen LogP contribution is 2.32. The van der Waals surface area contributed by atoms with E-state index in [0.29, 0.717) is 18.4 Å². The van der Waals surface area contributed by atoms with Crippen LogP contribution in [0.5, 0.6) is 5.88 Å². The second-order valence-corrected chi connectivity index (χ2v) is 6.75. The Bertz CT molecular complexity index is 1020. The van der Waals surface area contributed by atoms with Crippen LogP contribution in [0.3, 0.4) is 0 Å². The zero-order valence-electron chi connectivity index (χ0n) is 16.6. The Hall–Kier alpha value is -3.21. The Labute approximate surface area is 175 Å². The van der Waals surface area contributed by atoms with Crippen molar-refractivity contribution in [2.24, 2.45) is 0 Å². The molecule has 4 rings (SSSR count). The lowest BCUT2D eigenvalue weighted by atomic mass is 9.99. The maximum absolute atomic E-state index is 10.6. The van der Waals surface area contributed by atoms with E-state index in [4.69, 9.17) is 19.1 Å². The van der Waals surface area contributed by atoms with Crippen molar-refractivity contribution < 1.29 is 32.2 Å². The monoisotopic (exact) mass is 438 g/mol. The second kappa shape index (κ2) is 9.73. The molecule has 3 aromatic heterocycles. The van der Waals surface area contributed by atoms with Gasteiger partial charge >= 0.3 is 12.1 Å². The number of ether oxygens (including phenoxy) is 1. The number of rotatable bonds is 4. The van der Waals surface area contributed by atoms with Gasteiger partial charge in [-0.25, -0.2) is 19.7 Å². The third-order valence-corrected chi connectivity index (χ3v) is 4.55. The van der Waals surface area contributed by atoms with Gasteiger partial charge in [0, 0.05) is 37.1 Å². The zero-order chi connectivity index (χ0) is 22.4. The van der Waals surface area contributed by atoms with E-state index in [1.165, 1.54) is 6.42 Å². The van der Waals surface area contributed by atoms with Crippen molar-refractivity contribution in [2.75, 3.05) is 19.7 Å². The Kier molecular flexibility index (Phi) is 7.06. The molecule has 2 N–H and O–H groups in total. The van der Waals surface area contributed by atoms with Crippen molar-refractivity contribution in [1.29, 1.82) is 0 Å². The highest BCUT2D eigenvalue weighted by atomic mass is 19.4. The first kappa shape index (κ1) is 22.5. The normalized spacial score (nSPS) is 16.5. The number of hydrogen-bond acceptors (Lipinski definition) is 7. The maximum atomic E-state index is 10.6. The molecule has 1 aliphatic heterocycles. The Morgan fingerprint density at radius 1 is 1.32 bits per heavy atom. The van der Waals surface area contributed by atoms with Crippen molar-refractivity contribution in [3.63, 3.8) is 0 Å². The molecule has 1 unspecified atom stereocenters. The summed E-state index contributed by atoms with van der Waals surface area (Å²) in [5, 5.41) is 11.4. The third kappa shape index (κ3) is 5.69. The number of halogens is 3. The molecular formula is C20H21F3N4O4. The number of pyridine rings is 1. The predicted octanol–water partition coefficient (Wildman–Crippen LogP) is 3.78. The zero-order valence-corrected chi connectivity index (χ0v) is 16.6. The average Bonchev–Trinajstić information content (AvgIpc) is 3.20. The van der Waals surface area contributed by atoms with E-state index in [1.54, 1.807) is 6.20 Å². The molecule has 0 amide bonds. The Balaban J connectivity index is 0.000000339. The van der Waals surface area contributed by atoms with Gasteiger partial charge in [-0.2, -0.15) is 13.2 Å². The SMILES string of the molecule is CCOc1nccc2oc(-c3cnc(C4CCCNC4)nc3)cc12.O=C(O)C(F)(F)F. The van der Waals surface area contributed by atoms with E-state index in [1.807, 2.05) is 31.5 Å². The van der Waals surface area contributed by atoms with Gasteiger partial charge in [-0.1, -0.05) is 0 Å². The van der Waals surface area contributed by atoms with Crippen molar-refractivity contribution >= 4 is 16.9 Å². The van der Waals surface area contributed by atoms with Crippen molar-refractivity contribution in [2.45, 2.75) is 31.9 Å². The molecule has 0 bridgehead atoms. The van der Waals surface area contributed by atoms with Gasteiger partial charge in [0.05, 0.1) is 17.6 Å². The maximum Gasteiger partial charge on any atom is 0.490 e. The number of aliphatic carboxylic acids is 1. The van der Waals surface area contributed by atoms with Gasteiger partial charge in [0.25, 0.3) is 0 Å². The smallest absolute Gasteiger partial charge is 0.477 e. The minimum Gasteiger partial charge on any atom is -0.477 e. The van der Waals surface area contributed by atoms with Crippen LogP contribution < -0.4 is 10.1 Å². The van der Waals surface area contributed by atoms with E-state index < -0.39 is 12.1 Å². The van der Waals surface area contributed by atoms with E-state index in [2.05, 4.69) is 20.3 Å². The topological polar surface area (TPSA) is 110 Å². The van der Waals surface area contributed by atoms with E-state index in [9.17, 15) is 13.2 Å². The first-order valence-corrected chi connectivity index (χ1v) is 9.64. The third-order valence-electron chi connectivity index (χ3n) is 4.55. The minimum atomic E-state index is -5.08. The standard InChI is InChI=1S/C18H20N4O2.C2HF3O2/c1-2-23-18-14-8-16(24-15(14)5-7-20-18)13-10-21-17(22-11-13)12-4-3-6-19-9-12;3-2(4,5)1(6)7/h5,7-8,10-12,19H,2-4,6,9H2,1H3;(H,6,7). The van der Waals surface area contributed by atoms with Crippen LogP contribution in [-0.4, -0.2) is 51.9 Å². The summed E-state index contributed by atoms with van der Waals surface area (Å²) in [6, 6.07) is 3.78. The number of carboxylic acid groups (broad SMARTS) is 1. The molecule has 166 valence electrons. The molecule has 0 radical (unpaired) electrons. The fourth-order valence-electron chi connectivity index (χ4n) is 3.08. The second-order valence-electron chi connectivity index (χ2n) is 6.75. The molecule has 1 fully saturated rings. The number of nitrogens with one attached hydrogen (secondary N) is 1. The lowest BCUT2D eigenvalue weighted by Gasteiger charge is -2.21. The first-order chi connectivity index (χ1) is 14.8. The number of nitrogens with zero attached hydrogens (tertiary/aromatic N) is 3. The fraction of sp³-hybridized carbons (Fsp3) is 0.400. The molecule has 0 aliphatic carbocycles. The van der Waals surface area contributed by atoms with Crippen LogP contribution in [0.15, 0.2) is 35.1 Å². The molecule has 1 atom stereocenters. The first-order valence-electron chi connectivity index (χ1n) is 9.64. The summed E-state index contributed by atoms with van der Waals surface area (Å²) in [4.78, 5) is 22.3. The molecule has 4 heterocycles. The van der Waals surface area contributed by atoms with Gasteiger partial charge < -0.3 is 19.6 Å². The highest BCUT2D eigenvalue weighted by molar-refractivity contribution is 5.86. The Morgan fingerprint density at radius 3 is 2.61 bits per heavy atom. The molecule has 0 spiro atoms. The lowest BCUT2D eigenvalue weighted by molar-refractivity contribution is -0.192. The van der Waals surface area contributed by atoms with Gasteiger partial charge in [-0.05, 0) is 32.4 Å². The summed E-state index contributed by atoms with van der Waals surface area (Å²) in [5.74, 6) is -0.133. The summed E-state index contributed by atoms with van der Waals surface area (Å²) >= 11 is 0. The lowest BCUT2D eigenvalue weighted by Crippen LogP contribution is -2.29. The molecule has 31 heavy (non-hydrogen) atoms. The molecule has 1 saturated heterocycles. The summed E-state index contributed by atoms with van der Waals surface area (Å²) in [6.07, 6.45) is 2.59. The molecule has 3 aromatic rings. The summed E-state index contributed by atoms with van der Waals surface area (Å²) in [7, 11) is 0. The molecule has 11 heteroatoms.